The van der Waals surface area contributed by atoms with E-state index in [9.17, 15) is 9.59 Å². The summed E-state index contributed by atoms with van der Waals surface area (Å²) in [5.41, 5.74) is 2.08. The van der Waals surface area contributed by atoms with Gasteiger partial charge in [0.1, 0.15) is 0 Å². The van der Waals surface area contributed by atoms with Gasteiger partial charge in [0.15, 0.2) is 0 Å². The molecule has 2 aliphatic rings. The van der Waals surface area contributed by atoms with E-state index in [1.807, 2.05) is 41.3 Å². The number of hydrogen-bond acceptors (Lipinski definition) is 4. The van der Waals surface area contributed by atoms with Crippen molar-refractivity contribution in [3.63, 3.8) is 0 Å². The smallest absolute Gasteiger partial charge is 0.317 e. The van der Waals surface area contributed by atoms with Gasteiger partial charge in [-0.2, -0.15) is 5.10 Å². The summed E-state index contributed by atoms with van der Waals surface area (Å²) >= 11 is 0. The van der Waals surface area contributed by atoms with Gasteiger partial charge in [0.2, 0.25) is 5.91 Å². The fourth-order valence-corrected chi connectivity index (χ4v) is 3.90. The van der Waals surface area contributed by atoms with E-state index in [4.69, 9.17) is 4.74 Å². The van der Waals surface area contributed by atoms with E-state index in [0.29, 0.717) is 45.9 Å². The third-order valence-corrected chi connectivity index (χ3v) is 5.46. The van der Waals surface area contributed by atoms with Crippen molar-refractivity contribution in [1.29, 1.82) is 0 Å². The van der Waals surface area contributed by atoms with Crippen molar-refractivity contribution >= 4 is 11.9 Å². The second-order valence-corrected chi connectivity index (χ2v) is 7.61. The lowest BCUT2D eigenvalue weighted by Crippen LogP contribution is -2.49. The van der Waals surface area contributed by atoms with E-state index in [1.54, 1.807) is 0 Å². The molecule has 27 heavy (non-hydrogen) atoms. The average Bonchev–Trinajstić information content (AvgIpc) is 3.04. The van der Waals surface area contributed by atoms with E-state index in [0.717, 1.165) is 24.2 Å². The molecule has 8 heteroatoms. The summed E-state index contributed by atoms with van der Waals surface area (Å²) in [6.45, 7) is 10.4. The molecule has 0 radical (unpaired) electrons. The second-order valence-electron chi connectivity index (χ2n) is 7.61. The number of rotatable bonds is 4. The molecule has 1 aromatic heterocycles. The SMILES string of the molecule is Cc1cc(C)n([C@H](C)CNC(=O)N2CCC(C(=O)N3CCOCC3)CC2)n1. The molecule has 3 heterocycles. The van der Waals surface area contributed by atoms with E-state index in [2.05, 4.69) is 10.4 Å². The lowest BCUT2D eigenvalue weighted by molar-refractivity contribution is -0.141. The van der Waals surface area contributed by atoms with Crippen LogP contribution in [0.3, 0.4) is 0 Å². The summed E-state index contributed by atoms with van der Waals surface area (Å²) in [6, 6.07) is 2.08. The Morgan fingerprint density at radius 3 is 2.44 bits per heavy atom. The Hall–Kier alpha value is -2.09. The number of morpholine rings is 1. The summed E-state index contributed by atoms with van der Waals surface area (Å²) in [5.74, 6) is 0.247. The monoisotopic (exact) mass is 377 g/mol. The van der Waals surface area contributed by atoms with Crippen LogP contribution in [0.4, 0.5) is 4.79 Å². The zero-order valence-corrected chi connectivity index (χ0v) is 16.6. The molecule has 2 saturated heterocycles. The van der Waals surface area contributed by atoms with Crippen LogP contribution in [0.15, 0.2) is 6.07 Å². The van der Waals surface area contributed by atoms with Gasteiger partial charge in [-0.1, -0.05) is 0 Å². The first-order valence-electron chi connectivity index (χ1n) is 9.87. The zero-order valence-electron chi connectivity index (χ0n) is 16.6. The van der Waals surface area contributed by atoms with Crippen molar-refractivity contribution in [1.82, 2.24) is 24.9 Å². The van der Waals surface area contributed by atoms with Crippen molar-refractivity contribution in [2.45, 2.75) is 39.7 Å². The van der Waals surface area contributed by atoms with Crippen LogP contribution >= 0.6 is 0 Å². The second kappa shape index (κ2) is 8.73. The third kappa shape index (κ3) is 4.80. The zero-order chi connectivity index (χ0) is 19.4. The molecule has 0 aliphatic carbocycles. The number of likely N-dealkylation sites (tertiary alicyclic amines) is 1. The van der Waals surface area contributed by atoms with Gasteiger partial charge in [-0.15, -0.1) is 0 Å². The summed E-state index contributed by atoms with van der Waals surface area (Å²) in [7, 11) is 0. The molecule has 0 aromatic carbocycles. The topological polar surface area (TPSA) is 79.7 Å². The molecule has 0 bridgehead atoms. The summed E-state index contributed by atoms with van der Waals surface area (Å²) in [5, 5.41) is 7.48. The molecular formula is C19H31N5O3. The minimum atomic E-state index is -0.0550. The third-order valence-electron chi connectivity index (χ3n) is 5.46. The molecule has 0 saturated carbocycles. The van der Waals surface area contributed by atoms with Crippen LogP contribution in [-0.2, 0) is 9.53 Å². The number of piperidine rings is 1. The highest BCUT2D eigenvalue weighted by Gasteiger charge is 2.30. The van der Waals surface area contributed by atoms with Crippen LogP contribution in [0, 0.1) is 19.8 Å². The highest BCUT2D eigenvalue weighted by molar-refractivity contribution is 5.80. The van der Waals surface area contributed by atoms with Gasteiger partial charge in [0, 0.05) is 44.3 Å². The predicted octanol–water partition coefficient (Wildman–Crippen LogP) is 1.34. The van der Waals surface area contributed by atoms with Crippen molar-refractivity contribution in [3.8, 4) is 0 Å². The average molecular weight is 377 g/mol. The highest BCUT2D eigenvalue weighted by atomic mass is 16.5. The van der Waals surface area contributed by atoms with E-state index < -0.39 is 0 Å². The number of aryl methyl sites for hydroxylation is 2. The Morgan fingerprint density at radius 1 is 1.19 bits per heavy atom. The molecule has 3 rings (SSSR count). The van der Waals surface area contributed by atoms with Gasteiger partial charge in [-0.05, 0) is 39.7 Å². The number of ether oxygens (including phenoxy) is 1. The number of urea groups is 1. The number of aromatic nitrogens is 2. The lowest BCUT2D eigenvalue weighted by atomic mass is 9.95. The van der Waals surface area contributed by atoms with Gasteiger partial charge in [0.25, 0.3) is 0 Å². The summed E-state index contributed by atoms with van der Waals surface area (Å²) < 4.78 is 7.26. The maximum atomic E-state index is 12.6. The fraction of sp³-hybridized carbons (Fsp3) is 0.737. The van der Waals surface area contributed by atoms with E-state index in [-0.39, 0.29) is 23.9 Å². The first-order chi connectivity index (χ1) is 13.0. The molecule has 2 aliphatic heterocycles. The van der Waals surface area contributed by atoms with Gasteiger partial charge < -0.3 is 19.9 Å². The lowest BCUT2D eigenvalue weighted by Gasteiger charge is -2.35. The number of carbonyl (C=O) groups is 2. The van der Waals surface area contributed by atoms with Gasteiger partial charge in [-0.3, -0.25) is 9.48 Å². The summed E-state index contributed by atoms with van der Waals surface area (Å²) in [6.07, 6.45) is 1.47. The highest BCUT2D eigenvalue weighted by Crippen LogP contribution is 2.20. The number of nitrogens with one attached hydrogen (secondary N) is 1. The van der Waals surface area contributed by atoms with Crippen LogP contribution in [0.1, 0.15) is 37.2 Å². The maximum Gasteiger partial charge on any atom is 0.317 e. The number of nitrogens with zero attached hydrogens (tertiary/aromatic N) is 4. The molecule has 2 fully saturated rings. The number of amides is 3. The first-order valence-corrected chi connectivity index (χ1v) is 9.87. The molecule has 0 spiro atoms. The van der Waals surface area contributed by atoms with E-state index in [1.165, 1.54) is 0 Å². The first kappa shape index (κ1) is 19.7. The van der Waals surface area contributed by atoms with Crippen molar-refractivity contribution in [2.75, 3.05) is 45.9 Å². The Morgan fingerprint density at radius 2 is 1.85 bits per heavy atom. The Kier molecular flexibility index (Phi) is 6.36. The molecule has 150 valence electrons. The molecular weight excluding hydrogens is 346 g/mol. The van der Waals surface area contributed by atoms with Crippen molar-refractivity contribution < 1.29 is 14.3 Å². The van der Waals surface area contributed by atoms with E-state index >= 15 is 0 Å². The normalized spacial score (nSPS) is 19.8. The largest absolute Gasteiger partial charge is 0.378 e. The molecule has 3 amide bonds. The van der Waals surface area contributed by atoms with Crippen LogP contribution in [0.25, 0.3) is 0 Å². The molecule has 1 N–H and O–H groups in total. The Bertz CT molecular complexity index is 660. The Labute approximate surface area is 160 Å². The van der Waals surface area contributed by atoms with Crippen LogP contribution < -0.4 is 5.32 Å². The minimum Gasteiger partial charge on any atom is -0.378 e. The minimum absolute atomic E-state index is 0.0285. The van der Waals surface area contributed by atoms with Gasteiger partial charge >= 0.3 is 6.03 Å². The number of hydrogen-bond donors (Lipinski definition) is 1. The maximum absolute atomic E-state index is 12.6. The van der Waals surface area contributed by atoms with Crippen molar-refractivity contribution in [3.05, 3.63) is 17.5 Å². The Balaban J connectivity index is 1.43. The quantitative estimate of drug-likeness (QED) is 0.859. The number of carbonyl (C=O) groups excluding carboxylic acids is 2. The molecule has 1 aromatic rings. The fourth-order valence-electron chi connectivity index (χ4n) is 3.90. The van der Waals surface area contributed by atoms with Gasteiger partial charge in [0.05, 0.1) is 24.9 Å². The molecule has 1 atom stereocenters. The summed E-state index contributed by atoms with van der Waals surface area (Å²) in [4.78, 5) is 28.8. The molecule has 0 unspecified atom stereocenters. The predicted molar refractivity (Wildman–Crippen MR) is 102 cm³/mol. The van der Waals surface area contributed by atoms with Gasteiger partial charge in [-0.25, -0.2) is 4.79 Å². The standard InChI is InChI=1S/C19H31N5O3/c1-14-12-15(2)24(21-14)16(3)13-20-19(26)23-6-4-17(5-7-23)18(25)22-8-10-27-11-9-22/h12,16-17H,4-11,13H2,1-3H3,(H,20,26)/t16-/m1/s1. The molecule has 8 nitrogen and oxygen atoms in total. The van der Waals surface area contributed by atoms with Crippen LogP contribution in [0.2, 0.25) is 0 Å². The van der Waals surface area contributed by atoms with Crippen LogP contribution in [0.5, 0.6) is 0 Å². The van der Waals surface area contributed by atoms with Crippen LogP contribution in [-0.4, -0.2) is 77.5 Å². The van der Waals surface area contributed by atoms with Crippen molar-refractivity contribution in [2.24, 2.45) is 5.92 Å².